The molecule has 2 amide bonds. The number of hydrogen-bond acceptors (Lipinski definition) is 8. The first kappa shape index (κ1) is 34.4. The molecule has 2 saturated heterocycles. The third-order valence-electron chi connectivity index (χ3n) is 8.32. The van der Waals surface area contributed by atoms with E-state index in [2.05, 4.69) is 27.3 Å². The first-order chi connectivity index (χ1) is 21.1. The molecule has 45 heavy (non-hydrogen) atoms. The van der Waals surface area contributed by atoms with Crippen molar-refractivity contribution in [3.05, 3.63) is 35.4 Å². The summed E-state index contributed by atoms with van der Waals surface area (Å²) in [5, 5.41) is 6.51. The van der Waals surface area contributed by atoms with Gasteiger partial charge in [-0.15, -0.1) is 0 Å². The highest BCUT2D eigenvalue weighted by molar-refractivity contribution is 5.86. The summed E-state index contributed by atoms with van der Waals surface area (Å²) < 4.78 is 59.4. The number of ether oxygens (including phenoxy) is 2. The lowest BCUT2D eigenvalue weighted by Crippen LogP contribution is -2.50. The van der Waals surface area contributed by atoms with Crippen molar-refractivity contribution in [2.45, 2.75) is 97.1 Å². The Balaban J connectivity index is 1.29. The number of anilines is 1. The summed E-state index contributed by atoms with van der Waals surface area (Å²) in [5.74, 6) is -2.16. The Kier molecular flexibility index (Phi) is 10.9. The summed E-state index contributed by atoms with van der Waals surface area (Å²) in [6.45, 7) is 12.4. The van der Waals surface area contributed by atoms with E-state index in [1.165, 1.54) is 12.1 Å². The van der Waals surface area contributed by atoms with Gasteiger partial charge >= 0.3 is 12.1 Å². The average Bonchev–Trinajstić information content (AvgIpc) is 3.59. The maximum Gasteiger partial charge on any atom is 0.408 e. The molecule has 2 fully saturated rings. The first-order valence-electron chi connectivity index (χ1n) is 15.8. The third-order valence-corrected chi connectivity index (χ3v) is 8.32. The smallest absolute Gasteiger partial charge is 0.408 e. The number of halogens is 3. The van der Waals surface area contributed by atoms with E-state index >= 15 is 4.39 Å². The molecule has 3 heterocycles. The normalized spacial score (nSPS) is 18.6. The van der Waals surface area contributed by atoms with Crippen LogP contribution in [0, 0.1) is 17.7 Å². The van der Waals surface area contributed by atoms with Gasteiger partial charge in [-0.2, -0.15) is 4.98 Å². The number of amides is 2. The maximum atomic E-state index is 15.2. The zero-order valence-corrected chi connectivity index (χ0v) is 27.1. The predicted molar refractivity (Wildman–Crippen MR) is 162 cm³/mol. The van der Waals surface area contributed by atoms with Crippen molar-refractivity contribution < 1.29 is 36.8 Å². The molecule has 2 aliphatic heterocycles. The van der Waals surface area contributed by atoms with Crippen LogP contribution in [0.1, 0.15) is 84.5 Å². The molecule has 250 valence electrons. The Labute approximate surface area is 263 Å². The number of alkyl halides is 2. The van der Waals surface area contributed by atoms with Crippen LogP contribution in [0.4, 0.5) is 24.0 Å². The van der Waals surface area contributed by atoms with Crippen molar-refractivity contribution >= 4 is 18.0 Å². The average molecular weight is 638 g/mol. The van der Waals surface area contributed by atoms with Crippen LogP contribution in [0.5, 0.6) is 5.75 Å². The molecular formula is C32H46F3N5O5. The van der Waals surface area contributed by atoms with Crippen LogP contribution < -0.4 is 15.0 Å². The molecule has 0 radical (unpaired) electrons. The number of alkyl carbamates (subject to hydrolysis) is 1. The number of piperidine rings is 1. The lowest BCUT2D eigenvalue weighted by molar-refractivity contribution is -0.133. The molecule has 0 unspecified atom stereocenters. The summed E-state index contributed by atoms with van der Waals surface area (Å²) in [6, 6.07) is 3.64. The van der Waals surface area contributed by atoms with Gasteiger partial charge in [-0.1, -0.05) is 32.0 Å². The van der Waals surface area contributed by atoms with Crippen molar-refractivity contribution in [3.8, 4) is 5.75 Å². The van der Waals surface area contributed by atoms with Crippen LogP contribution in [-0.2, 0) is 16.0 Å². The third kappa shape index (κ3) is 9.74. The second-order valence-electron chi connectivity index (χ2n) is 13.6. The molecule has 0 bridgehead atoms. The Bertz CT molecular complexity index is 1310. The molecule has 0 saturated carbocycles. The van der Waals surface area contributed by atoms with Gasteiger partial charge in [0.25, 0.3) is 5.92 Å². The van der Waals surface area contributed by atoms with Crippen molar-refractivity contribution in [2.24, 2.45) is 11.8 Å². The van der Waals surface area contributed by atoms with Gasteiger partial charge in [0, 0.05) is 44.5 Å². The van der Waals surface area contributed by atoms with Crippen molar-refractivity contribution in [3.63, 3.8) is 0 Å². The minimum atomic E-state index is -3.00. The molecule has 1 N–H and O–H groups in total. The molecular weight excluding hydrogens is 591 g/mol. The molecule has 2 atom stereocenters. The molecule has 1 aromatic carbocycles. The van der Waals surface area contributed by atoms with Gasteiger partial charge in [-0.25, -0.2) is 18.0 Å². The topological polar surface area (TPSA) is 110 Å². The molecule has 0 aliphatic carbocycles. The molecule has 1 aromatic heterocycles. The summed E-state index contributed by atoms with van der Waals surface area (Å²) in [4.78, 5) is 33.2. The Morgan fingerprint density at radius 1 is 1.16 bits per heavy atom. The number of aromatic nitrogens is 2. The highest BCUT2D eigenvalue weighted by Crippen LogP contribution is 2.31. The lowest BCUT2D eigenvalue weighted by atomic mass is 9.84. The summed E-state index contributed by atoms with van der Waals surface area (Å²) in [5.41, 5.74) is -0.700. The van der Waals surface area contributed by atoms with Crippen LogP contribution >= 0.6 is 0 Å². The number of carbonyl (C=O) groups excluding carboxylic acids is 2. The highest BCUT2D eigenvalue weighted by Gasteiger charge is 2.42. The molecule has 2 aliphatic rings. The monoisotopic (exact) mass is 637 g/mol. The SMILES string of the molecule is CC(C)c1noc(N2CCC([C@H](C)CCOc3ccc(C[C@H](NC(=O)OC(C)(C)C)C(=O)N4CCC(F)(F)C4)c(F)c3)CC2)n1. The number of rotatable bonds is 11. The Morgan fingerprint density at radius 3 is 2.44 bits per heavy atom. The quantitative estimate of drug-likeness (QED) is 0.322. The van der Waals surface area contributed by atoms with E-state index in [0.29, 0.717) is 36.0 Å². The van der Waals surface area contributed by atoms with Crippen LogP contribution in [0.3, 0.4) is 0 Å². The molecule has 0 spiro atoms. The predicted octanol–water partition coefficient (Wildman–Crippen LogP) is 5.96. The minimum Gasteiger partial charge on any atom is -0.493 e. The second kappa shape index (κ2) is 14.3. The van der Waals surface area contributed by atoms with Gasteiger partial charge in [0.05, 0.1) is 13.2 Å². The van der Waals surface area contributed by atoms with Crippen LogP contribution in [0.2, 0.25) is 0 Å². The maximum absolute atomic E-state index is 15.2. The van der Waals surface area contributed by atoms with E-state index in [1.54, 1.807) is 26.8 Å². The number of benzene rings is 1. The second-order valence-corrected chi connectivity index (χ2v) is 13.6. The van der Waals surface area contributed by atoms with Crippen LogP contribution in [-0.4, -0.2) is 77.4 Å². The number of likely N-dealkylation sites (tertiary alicyclic amines) is 1. The van der Waals surface area contributed by atoms with E-state index < -0.39 is 48.3 Å². The van der Waals surface area contributed by atoms with Gasteiger partial charge in [-0.3, -0.25) is 4.79 Å². The molecule has 13 heteroatoms. The van der Waals surface area contributed by atoms with Gasteiger partial charge < -0.3 is 29.1 Å². The zero-order chi connectivity index (χ0) is 32.9. The molecule has 4 rings (SSSR count). The van der Waals surface area contributed by atoms with E-state index in [-0.39, 0.29) is 24.4 Å². The van der Waals surface area contributed by atoms with Crippen molar-refractivity contribution in [2.75, 3.05) is 37.7 Å². The molecule has 2 aromatic rings. The number of hydrogen-bond donors (Lipinski definition) is 1. The van der Waals surface area contributed by atoms with Gasteiger partial charge in [0.2, 0.25) is 5.91 Å². The lowest BCUT2D eigenvalue weighted by Gasteiger charge is -2.33. The summed E-state index contributed by atoms with van der Waals surface area (Å²) >= 11 is 0. The highest BCUT2D eigenvalue weighted by atomic mass is 19.3. The van der Waals surface area contributed by atoms with Gasteiger partial charge in [0.1, 0.15) is 23.2 Å². The Hall–Kier alpha value is -3.51. The summed E-state index contributed by atoms with van der Waals surface area (Å²) in [6.07, 6.45) is 1.21. The van der Waals surface area contributed by atoms with Gasteiger partial charge in [0.15, 0.2) is 5.82 Å². The van der Waals surface area contributed by atoms with E-state index in [4.69, 9.17) is 14.0 Å². The van der Waals surface area contributed by atoms with Crippen LogP contribution in [0.15, 0.2) is 22.7 Å². The number of nitrogens with one attached hydrogen (secondary N) is 1. The van der Waals surface area contributed by atoms with E-state index in [1.807, 2.05) is 13.8 Å². The minimum absolute atomic E-state index is 0.143. The standard InChI is InChI=1S/C32H46F3N5O5/c1-20(2)27-37-29(45-38-27)39-13-9-22(10-14-39)21(3)11-16-43-24-8-7-23(25(33)18-24)17-26(36-30(42)44-31(4,5)6)28(41)40-15-12-32(34,35)19-40/h7-8,18,20-22,26H,9-17,19H2,1-6H3,(H,36,42)/t21-,26+/m1/s1. The summed E-state index contributed by atoms with van der Waals surface area (Å²) in [7, 11) is 0. The van der Waals surface area contributed by atoms with Crippen molar-refractivity contribution in [1.29, 1.82) is 0 Å². The number of carbonyl (C=O) groups is 2. The fourth-order valence-electron chi connectivity index (χ4n) is 5.65. The molecule has 10 nitrogen and oxygen atoms in total. The first-order valence-corrected chi connectivity index (χ1v) is 15.8. The Morgan fingerprint density at radius 2 is 1.87 bits per heavy atom. The van der Waals surface area contributed by atoms with Crippen LogP contribution in [0.25, 0.3) is 0 Å². The fourth-order valence-corrected chi connectivity index (χ4v) is 5.65. The van der Waals surface area contributed by atoms with E-state index in [0.717, 1.165) is 37.3 Å². The van der Waals surface area contributed by atoms with E-state index in [9.17, 15) is 18.4 Å². The zero-order valence-electron chi connectivity index (χ0n) is 27.1. The fraction of sp³-hybridized carbons (Fsp3) is 0.688. The van der Waals surface area contributed by atoms with Gasteiger partial charge in [-0.05, 0) is 63.5 Å². The number of nitrogens with zero attached hydrogens (tertiary/aromatic N) is 4. The largest absolute Gasteiger partial charge is 0.493 e. The van der Waals surface area contributed by atoms with Crippen molar-refractivity contribution in [1.82, 2.24) is 20.4 Å².